The van der Waals surface area contributed by atoms with Gasteiger partial charge in [0, 0.05) is 4.47 Å². The predicted molar refractivity (Wildman–Crippen MR) is 57.2 cm³/mol. The van der Waals surface area contributed by atoms with Crippen LogP contribution in [0.5, 0.6) is 0 Å². The van der Waals surface area contributed by atoms with Crippen molar-refractivity contribution in [3.05, 3.63) is 34.3 Å². The van der Waals surface area contributed by atoms with Crippen LogP contribution in [0.15, 0.2) is 28.7 Å². The van der Waals surface area contributed by atoms with E-state index in [-0.39, 0.29) is 5.41 Å². The van der Waals surface area contributed by atoms with Crippen LogP contribution in [-0.4, -0.2) is 0 Å². The molecule has 0 aliphatic heterocycles. The highest BCUT2D eigenvalue weighted by Gasteiger charge is 2.16. The van der Waals surface area contributed by atoms with Gasteiger partial charge in [0.05, 0.1) is 11.5 Å². The summed E-state index contributed by atoms with van der Waals surface area (Å²) in [6.07, 6.45) is 0.802. The quantitative estimate of drug-likeness (QED) is 0.772. The van der Waals surface area contributed by atoms with Gasteiger partial charge in [0.2, 0.25) is 0 Å². The fourth-order valence-electron chi connectivity index (χ4n) is 1.15. The summed E-state index contributed by atoms with van der Waals surface area (Å²) >= 11 is 3.38. The van der Waals surface area contributed by atoms with Gasteiger partial charge in [-0.3, -0.25) is 0 Å². The Morgan fingerprint density at radius 3 is 2.31 bits per heavy atom. The highest BCUT2D eigenvalue weighted by molar-refractivity contribution is 9.10. The molecular formula is C11H12BrN. The van der Waals surface area contributed by atoms with E-state index < -0.39 is 0 Å². The van der Waals surface area contributed by atoms with E-state index in [9.17, 15) is 0 Å². The van der Waals surface area contributed by atoms with Crippen molar-refractivity contribution in [3.63, 3.8) is 0 Å². The molecule has 1 aromatic rings. The molecule has 0 heterocycles. The fourth-order valence-corrected chi connectivity index (χ4v) is 1.42. The molecule has 1 rings (SSSR count). The summed E-state index contributed by atoms with van der Waals surface area (Å²) in [6.45, 7) is 3.91. The lowest BCUT2D eigenvalue weighted by molar-refractivity contribution is 0.493. The Morgan fingerprint density at radius 1 is 1.31 bits per heavy atom. The van der Waals surface area contributed by atoms with Gasteiger partial charge in [-0.05, 0) is 38.0 Å². The van der Waals surface area contributed by atoms with Crippen LogP contribution < -0.4 is 0 Å². The molecule has 0 aliphatic rings. The maximum Gasteiger partial charge on any atom is 0.0687 e. The van der Waals surface area contributed by atoms with E-state index in [0.29, 0.717) is 0 Å². The summed E-state index contributed by atoms with van der Waals surface area (Å²) in [4.78, 5) is 0. The molecule has 0 amide bonds. The van der Waals surface area contributed by atoms with Gasteiger partial charge in [0.1, 0.15) is 0 Å². The van der Waals surface area contributed by atoms with Crippen LogP contribution >= 0.6 is 15.9 Å². The van der Waals surface area contributed by atoms with Gasteiger partial charge in [0.15, 0.2) is 0 Å². The fraction of sp³-hybridized carbons (Fsp3) is 0.364. The zero-order valence-corrected chi connectivity index (χ0v) is 9.43. The second-order valence-corrected chi connectivity index (χ2v) is 4.71. The molecule has 0 radical (unpaired) electrons. The molecule has 0 saturated heterocycles. The van der Waals surface area contributed by atoms with Gasteiger partial charge in [0.25, 0.3) is 0 Å². The number of hydrogen-bond donors (Lipinski definition) is 0. The number of halogens is 1. The van der Waals surface area contributed by atoms with Gasteiger partial charge in [-0.1, -0.05) is 28.1 Å². The molecule has 0 fully saturated rings. The number of rotatable bonds is 2. The molecule has 0 bridgehead atoms. The Morgan fingerprint density at radius 2 is 1.85 bits per heavy atom. The molecule has 2 heteroatoms. The summed E-state index contributed by atoms with van der Waals surface area (Å²) in [5.74, 6) is 0. The number of nitriles is 1. The Balaban J connectivity index is 2.77. The Hall–Kier alpha value is -0.810. The van der Waals surface area contributed by atoms with E-state index in [0.717, 1.165) is 10.9 Å². The standard InChI is InChI=1S/C11H12BrN/c1-11(2,8-13)7-9-3-5-10(12)6-4-9/h3-6H,7H2,1-2H3. The van der Waals surface area contributed by atoms with Gasteiger partial charge < -0.3 is 0 Å². The van der Waals surface area contributed by atoms with Crippen LogP contribution in [0.4, 0.5) is 0 Å². The highest BCUT2D eigenvalue weighted by Crippen LogP contribution is 2.21. The molecule has 1 aromatic carbocycles. The van der Waals surface area contributed by atoms with Crippen LogP contribution in [-0.2, 0) is 6.42 Å². The van der Waals surface area contributed by atoms with Crippen molar-refractivity contribution < 1.29 is 0 Å². The molecule has 0 atom stereocenters. The molecule has 0 saturated carbocycles. The van der Waals surface area contributed by atoms with E-state index in [1.165, 1.54) is 5.56 Å². The smallest absolute Gasteiger partial charge is 0.0687 e. The molecular weight excluding hydrogens is 226 g/mol. The van der Waals surface area contributed by atoms with Gasteiger partial charge in [-0.2, -0.15) is 5.26 Å². The summed E-state index contributed by atoms with van der Waals surface area (Å²) < 4.78 is 1.08. The summed E-state index contributed by atoms with van der Waals surface area (Å²) in [5.41, 5.74) is 0.933. The molecule has 1 nitrogen and oxygen atoms in total. The second-order valence-electron chi connectivity index (χ2n) is 3.80. The minimum absolute atomic E-state index is 0.270. The van der Waals surface area contributed by atoms with Crippen molar-refractivity contribution in [2.24, 2.45) is 5.41 Å². The van der Waals surface area contributed by atoms with E-state index in [1.54, 1.807) is 0 Å². The molecule has 68 valence electrons. The van der Waals surface area contributed by atoms with Crippen LogP contribution in [0, 0.1) is 16.7 Å². The first kappa shape index (κ1) is 10.3. The van der Waals surface area contributed by atoms with Gasteiger partial charge in [-0.15, -0.1) is 0 Å². The minimum Gasteiger partial charge on any atom is -0.198 e. The van der Waals surface area contributed by atoms with Crippen LogP contribution in [0.3, 0.4) is 0 Å². The predicted octanol–water partition coefficient (Wildman–Crippen LogP) is 3.54. The number of nitrogens with zero attached hydrogens (tertiary/aromatic N) is 1. The second kappa shape index (κ2) is 3.93. The van der Waals surface area contributed by atoms with Gasteiger partial charge >= 0.3 is 0 Å². The first-order valence-electron chi connectivity index (χ1n) is 4.19. The molecule has 0 N–H and O–H groups in total. The van der Waals surface area contributed by atoms with Crippen molar-refractivity contribution in [3.8, 4) is 6.07 Å². The van der Waals surface area contributed by atoms with Crippen LogP contribution in [0.1, 0.15) is 19.4 Å². The lowest BCUT2D eigenvalue weighted by Crippen LogP contribution is -2.11. The van der Waals surface area contributed by atoms with Crippen LogP contribution in [0.2, 0.25) is 0 Å². The van der Waals surface area contributed by atoms with Crippen molar-refractivity contribution in [2.45, 2.75) is 20.3 Å². The topological polar surface area (TPSA) is 23.8 Å². The summed E-state index contributed by atoms with van der Waals surface area (Å²) in [7, 11) is 0. The lowest BCUT2D eigenvalue weighted by atomic mass is 9.88. The van der Waals surface area contributed by atoms with E-state index in [2.05, 4.69) is 22.0 Å². The zero-order chi connectivity index (χ0) is 9.90. The zero-order valence-electron chi connectivity index (χ0n) is 7.84. The molecule has 0 aromatic heterocycles. The first-order chi connectivity index (χ1) is 6.03. The van der Waals surface area contributed by atoms with E-state index in [4.69, 9.17) is 5.26 Å². The number of hydrogen-bond acceptors (Lipinski definition) is 1. The minimum atomic E-state index is -0.270. The molecule has 0 unspecified atom stereocenters. The lowest BCUT2D eigenvalue weighted by Gasteiger charge is -2.14. The average Bonchev–Trinajstić information content (AvgIpc) is 2.09. The molecule has 13 heavy (non-hydrogen) atoms. The summed E-state index contributed by atoms with van der Waals surface area (Å²) in [5, 5.41) is 8.85. The van der Waals surface area contributed by atoms with Crippen LogP contribution in [0.25, 0.3) is 0 Å². The van der Waals surface area contributed by atoms with Crippen molar-refractivity contribution in [2.75, 3.05) is 0 Å². The Labute approximate surface area is 87.5 Å². The monoisotopic (exact) mass is 237 g/mol. The largest absolute Gasteiger partial charge is 0.198 e. The maximum absolute atomic E-state index is 8.85. The normalized spacial score (nSPS) is 10.9. The Bertz CT molecular complexity index is 319. The first-order valence-corrected chi connectivity index (χ1v) is 4.98. The third kappa shape index (κ3) is 3.20. The van der Waals surface area contributed by atoms with Gasteiger partial charge in [-0.25, -0.2) is 0 Å². The molecule has 0 aliphatic carbocycles. The summed E-state index contributed by atoms with van der Waals surface area (Å²) in [6, 6.07) is 10.4. The van der Waals surface area contributed by atoms with E-state index in [1.807, 2.05) is 38.1 Å². The third-order valence-electron chi connectivity index (χ3n) is 1.86. The SMILES string of the molecule is CC(C)(C#N)Cc1ccc(Br)cc1. The maximum atomic E-state index is 8.85. The number of benzene rings is 1. The highest BCUT2D eigenvalue weighted by atomic mass is 79.9. The Kier molecular flexibility index (Phi) is 3.11. The van der Waals surface area contributed by atoms with Crippen molar-refractivity contribution in [1.82, 2.24) is 0 Å². The molecule has 0 spiro atoms. The average molecular weight is 238 g/mol. The third-order valence-corrected chi connectivity index (χ3v) is 2.39. The van der Waals surface area contributed by atoms with Crippen molar-refractivity contribution >= 4 is 15.9 Å². The van der Waals surface area contributed by atoms with E-state index >= 15 is 0 Å². The van der Waals surface area contributed by atoms with Crippen molar-refractivity contribution in [1.29, 1.82) is 5.26 Å².